The molecule has 3 rings (SSSR count). The van der Waals surface area contributed by atoms with Gasteiger partial charge in [-0.2, -0.15) is 4.31 Å². The van der Waals surface area contributed by atoms with Gasteiger partial charge in [-0.1, -0.05) is 23.7 Å². The zero-order valence-corrected chi connectivity index (χ0v) is 18.3. The quantitative estimate of drug-likeness (QED) is 0.636. The Balaban J connectivity index is 0.000000501. The topological polar surface area (TPSA) is 124 Å². The molecule has 1 heterocycles. The average molecular weight is 471 g/mol. The first-order chi connectivity index (χ1) is 14.6. The minimum atomic E-state index is -3.45. The van der Waals surface area contributed by atoms with E-state index in [2.05, 4.69) is 4.90 Å². The molecule has 0 spiro atoms. The number of sulfonamides is 1. The van der Waals surface area contributed by atoms with E-state index in [1.165, 1.54) is 5.56 Å². The molecule has 9 nitrogen and oxygen atoms in total. The number of nitrogens with zero attached hydrogens (tertiary/aromatic N) is 2. The van der Waals surface area contributed by atoms with E-state index in [0.717, 1.165) is 12.3 Å². The summed E-state index contributed by atoms with van der Waals surface area (Å²) >= 11 is 5.84. The zero-order valence-electron chi connectivity index (χ0n) is 16.8. The molecule has 0 amide bonds. The van der Waals surface area contributed by atoms with Crippen molar-refractivity contribution in [3.05, 3.63) is 59.1 Å². The molecular weight excluding hydrogens is 448 g/mol. The molecule has 0 aromatic heterocycles. The van der Waals surface area contributed by atoms with Gasteiger partial charge in [0.2, 0.25) is 10.0 Å². The van der Waals surface area contributed by atoms with E-state index in [1.807, 2.05) is 24.3 Å². The maximum Gasteiger partial charge on any atom is 0.414 e. The highest BCUT2D eigenvalue weighted by Crippen LogP contribution is 2.21. The van der Waals surface area contributed by atoms with Crippen LogP contribution < -0.4 is 4.74 Å². The Labute approximate surface area is 185 Å². The molecule has 0 bridgehead atoms. The van der Waals surface area contributed by atoms with Gasteiger partial charge in [0.1, 0.15) is 5.75 Å². The number of carboxylic acids is 2. The summed E-state index contributed by atoms with van der Waals surface area (Å²) in [6.45, 7) is 3.19. The lowest BCUT2D eigenvalue weighted by molar-refractivity contribution is -0.159. The third kappa shape index (κ3) is 7.21. The molecule has 0 radical (unpaired) electrons. The molecule has 1 aliphatic rings. The number of hydrogen-bond acceptors (Lipinski definition) is 6. The number of aliphatic carboxylic acids is 2. The maximum absolute atomic E-state index is 12.7. The van der Waals surface area contributed by atoms with Crippen LogP contribution in [0.5, 0.6) is 5.75 Å². The Morgan fingerprint density at radius 3 is 1.90 bits per heavy atom. The Morgan fingerprint density at radius 2 is 1.45 bits per heavy atom. The number of ether oxygens (including phenoxy) is 1. The molecule has 11 heteroatoms. The van der Waals surface area contributed by atoms with Crippen molar-refractivity contribution < 1.29 is 33.0 Å². The van der Waals surface area contributed by atoms with Gasteiger partial charge in [-0.3, -0.25) is 4.90 Å². The summed E-state index contributed by atoms with van der Waals surface area (Å²) in [5, 5.41) is 15.3. The summed E-state index contributed by atoms with van der Waals surface area (Å²) < 4.78 is 32.1. The van der Waals surface area contributed by atoms with Gasteiger partial charge in [0, 0.05) is 37.7 Å². The number of carbonyl (C=O) groups is 2. The Morgan fingerprint density at radius 1 is 0.935 bits per heavy atom. The summed E-state index contributed by atoms with van der Waals surface area (Å²) in [6.07, 6.45) is 0. The van der Waals surface area contributed by atoms with Gasteiger partial charge in [-0.25, -0.2) is 18.0 Å². The van der Waals surface area contributed by atoms with Crippen LogP contribution in [0.1, 0.15) is 5.56 Å². The van der Waals surface area contributed by atoms with Crippen molar-refractivity contribution in [1.29, 1.82) is 0 Å². The van der Waals surface area contributed by atoms with Crippen molar-refractivity contribution in [3.8, 4) is 5.75 Å². The Bertz CT molecular complexity index is 975. The molecular formula is C20H23ClN2O7S. The number of halogens is 1. The minimum absolute atomic E-state index is 0.292. The molecule has 1 saturated heterocycles. The lowest BCUT2D eigenvalue weighted by Crippen LogP contribution is -2.48. The van der Waals surface area contributed by atoms with Crippen LogP contribution in [0.4, 0.5) is 0 Å². The smallest absolute Gasteiger partial charge is 0.414 e. The molecule has 0 saturated carbocycles. The highest BCUT2D eigenvalue weighted by molar-refractivity contribution is 7.89. The van der Waals surface area contributed by atoms with Gasteiger partial charge >= 0.3 is 11.9 Å². The largest absolute Gasteiger partial charge is 0.497 e. The van der Waals surface area contributed by atoms with E-state index in [1.54, 1.807) is 35.7 Å². The van der Waals surface area contributed by atoms with Crippen molar-refractivity contribution in [2.45, 2.75) is 11.4 Å². The molecule has 168 valence electrons. The van der Waals surface area contributed by atoms with Gasteiger partial charge in [-0.15, -0.1) is 0 Å². The summed E-state index contributed by atoms with van der Waals surface area (Å²) in [5.41, 5.74) is 1.19. The summed E-state index contributed by atoms with van der Waals surface area (Å²) in [6, 6.07) is 14.3. The highest BCUT2D eigenvalue weighted by atomic mass is 35.5. The highest BCUT2D eigenvalue weighted by Gasteiger charge is 2.28. The first-order valence-electron chi connectivity index (χ1n) is 9.20. The number of hydrogen-bond donors (Lipinski definition) is 2. The summed E-state index contributed by atoms with van der Waals surface area (Å²) in [7, 11) is -1.80. The SMILES string of the molecule is COc1ccc(CN2CCN(S(=O)(=O)c3ccc(Cl)cc3)CC2)cc1.O=C(O)C(=O)O. The molecule has 1 fully saturated rings. The van der Waals surface area contributed by atoms with Crippen molar-refractivity contribution >= 4 is 33.6 Å². The predicted octanol–water partition coefficient (Wildman–Crippen LogP) is 2.01. The first kappa shape index (κ1) is 24.6. The van der Waals surface area contributed by atoms with Crippen molar-refractivity contribution in [1.82, 2.24) is 9.21 Å². The van der Waals surface area contributed by atoms with Gasteiger partial charge in [-0.05, 0) is 42.0 Å². The van der Waals surface area contributed by atoms with E-state index in [4.69, 9.17) is 36.1 Å². The lowest BCUT2D eigenvalue weighted by Gasteiger charge is -2.34. The standard InChI is InChI=1S/C18H21ClN2O3S.C2H2O4/c1-24-17-6-2-15(3-7-17)14-20-10-12-21(13-11-20)25(22,23)18-8-4-16(19)5-9-18;3-1(4)2(5)6/h2-9H,10-14H2,1H3;(H,3,4)(H,5,6). The monoisotopic (exact) mass is 470 g/mol. The van der Waals surface area contributed by atoms with Crippen LogP contribution in [0.2, 0.25) is 5.02 Å². The third-order valence-electron chi connectivity index (χ3n) is 4.53. The van der Waals surface area contributed by atoms with Gasteiger partial charge < -0.3 is 14.9 Å². The Kier molecular flexibility index (Phi) is 8.81. The number of piperazine rings is 1. The molecule has 2 aromatic carbocycles. The van der Waals surface area contributed by atoms with Gasteiger partial charge in [0.15, 0.2) is 0 Å². The van der Waals surface area contributed by atoms with Crippen LogP contribution in [-0.4, -0.2) is 73.1 Å². The number of rotatable bonds is 5. The minimum Gasteiger partial charge on any atom is -0.497 e. The summed E-state index contributed by atoms with van der Waals surface area (Å²) in [5.74, 6) is -2.81. The normalized spacial score (nSPS) is 14.9. The molecule has 2 aromatic rings. The van der Waals surface area contributed by atoms with E-state index < -0.39 is 22.0 Å². The second-order valence-electron chi connectivity index (χ2n) is 6.59. The summed E-state index contributed by atoms with van der Waals surface area (Å²) in [4.78, 5) is 20.8. The molecule has 0 aliphatic carbocycles. The first-order valence-corrected chi connectivity index (χ1v) is 11.0. The fourth-order valence-corrected chi connectivity index (χ4v) is 4.42. The van der Waals surface area contributed by atoms with Crippen molar-refractivity contribution in [3.63, 3.8) is 0 Å². The van der Waals surface area contributed by atoms with Crippen LogP contribution in [-0.2, 0) is 26.2 Å². The van der Waals surface area contributed by atoms with Gasteiger partial charge in [0.05, 0.1) is 12.0 Å². The van der Waals surface area contributed by atoms with Crippen LogP contribution in [0, 0.1) is 0 Å². The molecule has 1 aliphatic heterocycles. The molecule has 0 atom stereocenters. The van der Waals surface area contributed by atoms with Crippen LogP contribution in [0.25, 0.3) is 0 Å². The third-order valence-corrected chi connectivity index (χ3v) is 6.70. The van der Waals surface area contributed by atoms with Crippen molar-refractivity contribution in [2.24, 2.45) is 0 Å². The van der Waals surface area contributed by atoms with E-state index in [0.29, 0.717) is 36.1 Å². The number of benzene rings is 2. The molecule has 0 unspecified atom stereocenters. The molecule has 31 heavy (non-hydrogen) atoms. The number of methoxy groups -OCH3 is 1. The van der Waals surface area contributed by atoms with Gasteiger partial charge in [0.25, 0.3) is 0 Å². The van der Waals surface area contributed by atoms with Crippen LogP contribution in [0.3, 0.4) is 0 Å². The lowest BCUT2D eigenvalue weighted by atomic mass is 10.2. The Hall–Kier alpha value is -2.66. The fourth-order valence-electron chi connectivity index (χ4n) is 2.87. The second kappa shape index (κ2) is 11.1. The van der Waals surface area contributed by atoms with Crippen LogP contribution in [0.15, 0.2) is 53.4 Å². The number of carboxylic acid groups (broad SMARTS) is 2. The average Bonchev–Trinajstić information content (AvgIpc) is 2.75. The van der Waals surface area contributed by atoms with E-state index in [-0.39, 0.29) is 0 Å². The van der Waals surface area contributed by atoms with Crippen LogP contribution >= 0.6 is 11.6 Å². The second-order valence-corrected chi connectivity index (χ2v) is 8.97. The zero-order chi connectivity index (χ0) is 23.0. The predicted molar refractivity (Wildman–Crippen MR) is 114 cm³/mol. The van der Waals surface area contributed by atoms with Crippen molar-refractivity contribution in [2.75, 3.05) is 33.3 Å². The van der Waals surface area contributed by atoms with E-state index in [9.17, 15) is 8.42 Å². The van der Waals surface area contributed by atoms with E-state index >= 15 is 0 Å². The maximum atomic E-state index is 12.7. The fraction of sp³-hybridized carbons (Fsp3) is 0.300. The molecule has 2 N–H and O–H groups in total.